The molecule has 0 aliphatic heterocycles. The van der Waals surface area contributed by atoms with Crippen LogP contribution in [-0.2, 0) is 16.4 Å². The van der Waals surface area contributed by atoms with Crippen LogP contribution in [0.2, 0.25) is 0 Å². The zero-order valence-electron chi connectivity index (χ0n) is 11.4. The van der Waals surface area contributed by atoms with Crippen molar-refractivity contribution in [2.75, 3.05) is 18.9 Å². The van der Waals surface area contributed by atoms with Crippen LogP contribution in [0.3, 0.4) is 0 Å². The molecule has 0 amide bonds. The quantitative estimate of drug-likeness (QED) is 0.856. The van der Waals surface area contributed by atoms with Gasteiger partial charge in [-0.3, -0.25) is 0 Å². The fraction of sp³-hybridized carbons (Fsp3) is 0.308. The van der Waals surface area contributed by atoms with Crippen LogP contribution in [-0.4, -0.2) is 27.0 Å². The van der Waals surface area contributed by atoms with Crippen LogP contribution < -0.4 is 10.0 Å². The van der Waals surface area contributed by atoms with E-state index in [9.17, 15) is 8.42 Å². The van der Waals surface area contributed by atoms with E-state index in [4.69, 9.17) is 0 Å². The maximum Gasteiger partial charge on any atom is 0.240 e. The summed E-state index contributed by atoms with van der Waals surface area (Å²) in [4.78, 5) is 4.59. The van der Waals surface area contributed by atoms with Crippen molar-refractivity contribution in [2.45, 2.75) is 18.2 Å². The van der Waals surface area contributed by atoms with Crippen molar-refractivity contribution < 1.29 is 8.42 Å². The Balaban J connectivity index is 1.94. The Morgan fingerprint density at radius 1 is 1.25 bits per heavy atom. The zero-order valence-corrected chi connectivity index (χ0v) is 13.0. The van der Waals surface area contributed by atoms with E-state index in [0.29, 0.717) is 13.0 Å². The van der Waals surface area contributed by atoms with E-state index in [0.717, 1.165) is 16.4 Å². The summed E-state index contributed by atoms with van der Waals surface area (Å²) in [5.41, 5.74) is 1.91. The number of aryl methyl sites for hydroxylation is 1. The minimum absolute atomic E-state index is 0.289. The van der Waals surface area contributed by atoms with E-state index >= 15 is 0 Å². The van der Waals surface area contributed by atoms with Crippen LogP contribution in [0.1, 0.15) is 11.3 Å². The van der Waals surface area contributed by atoms with Gasteiger partial charge >= 0.3 is 0 Å². The summed E-state index contributed by atoms with van der Waals surface area (Å²) in [6, 6.07) is 6.79. The second kappa shape index (κ2) is 6.34. The molecule has 0 bridgehead atoms. The number of hydrogen-bond donors (Lipinski definition) is 2. The number of nitrogens with one attached hydrogen (secondary N) is 2. The van der Waals surface area contributed by atoms with Gasteiger partial charge in [0, 0.05) is 25.4 Å². The molecule has 1 aromatic carbocycles. The zero-order chi connectivity index (χ0) is 14.6. The van der Waals surface area contributed by atoms with Gasteiger partial charge in [-0.15, -0.1) is 11.3 Å². The van der Waals surface area contributed by atoms with Crippen LogP contribution in [0.4, 0.5) is 5.13 Å². The molecular formula is C13H17N3O2S2. The Labute approximate surface area is 123 Å². The summed E-state index contributed by atoms with van der Waals surface area (Å²) in [5, 5.41) is 5.71. The van der Waals surface area contributed by atoms with E-state index in [1.807, 2.05) is 19.4 Å². The van der Waals surface area contributed by atoms with Gasteiger partial charge in [-0.1, -0.05) is 17.7 Å². The van der Waals surface area contributed by atoms with Gasteiger partial charge in [0.1, 0.15) is 0 Å². The Morgan fingerprint density at radius 3 is 2.55 bits per heavy atom. The molecule has 7 heteroatoms. The summed E-state index contributed by atoms with van der Waals surface area (Å²) in [6.07, 6.45) is 0.573. The molecule has 0 fully saturated rings. The summed E-state index contributed by atoms with van der Waals surface area (Å²) in [6.45, 7) is 2.26. The minimum atomic E-state index is -3.44. The lowest BCUT2D eigenvalue weighted by Gasteiger charge is -2.06. The first kappa shape index (κ1) is 15.0. The second-order valence-electron chi connectivity index (χ2n) is 4.35. The molecule has 0 aliphatic carbocycles. The first-order valence-corrected chi connectivity index (χ1v) is 8.56. The van der Waals surface area contributed by atoms with Crippen molar-refractivity contribution in [3.63, 3.8) is 0 Å². The maximum absolute atomic E-state index is 12.1. The summed E-state index contributed by atoms with van der Waals surface area (Å²) < 4.78 is 26.7. The number of nitrogens with zero attached hydrogens (tertiary/aromatic N) is 1. The number of hydrogen-bond acceptors (Lipinski definition) is 5. The van der Waals surface area contributed by atoms with Crippen molar-refractivity contribution in [2.24, 2.45) is 0 Å². The molecule has 0 aliphatic rings. The monoisotopic (exact) mass is 311 g/mol. The van der Waals surface area contributed by atoms with Crippen LogP contribution in [0, 0.1) is 6.92 Å². The molecule has 1 aromatic heterocycles. The lowest BCUT2D eigenvalue weighted by molar-refractivity contribution is 0.581. The van der Waals surface area contributed by atoms with Gasteiger partial charge in [0.15, 0.2) is 5.13 Å². The molecule has 2 aromatic rings. The van der Waals surface area contributed by atoms with Crippen molar-refractivity contribution in [3.8, 4) is 0 Å². The van der Waals surface area contributed by atoms with Crippen LogP contribution >= 0.6 is 11.3 Å². The van der Waals surface area contributed by atoms with Crippen molar-refractivity contribution in [1.29, 1.82) is 0 Å². The van der Waals surface area contributed by atoms with Crippen LogP contribution in [0.25, 0.3) is 0 Å². The average Bonchev–Trinajstić information content (AvgIpc) is 2.87. The van der Waals surface area contributed by atoms with Gasteiger partial charge in [-0.25, -0.2) is 18.1 Å². The van der Waals surface area contributed by atoms with Gasteiger partial charge in [0.25, 0.3) is 0 Å². The van der Waals surface area contributed by atoms with Crippen LogP contribution in [0.5, 0.6) is 0 Å². The highest BCUT2D eigenvalue weighted by atomic mass is 32.2. The topological polar surface area (TPSA) is 71.1 Å². The van der Waals surface area contributed by atoms with E-state index in [1.54, 1.807) is 24.3 Å². The molecule has 0 spiro atoms. The third-order valence-corrected chi connectivity index (χ3v) is 5.16. The predicted molar refractivity (Wildman–Crippen MR) is 81.7 cm³/mol. The summed E-state index contributed by atoms with van der Waals surface area (Å²) in [7, 11) is -1.63. The molecule has 108 valence electrons. The molecule has 0 unspecified atom stereocenters. The molecule has 5 nitrogen and oxygen atoms in total. The molecule has 20 heavy (non-hydrogen) atoms. The standard InChI is InChI=1S/C13H17N3O2S2/c1-10-3-5-12(6-4-10)20(17,18)15-8-7-11-9-19-13(14-2)16-11/h3-6,9,15H,7-8H2,1-2H3,(H,14,16). The Hall–Kier alpha value is -1.44. The second-order valence-corrected chi connectivity index (χ2v) is 6.98. The van der Waals surface area contributed by atoms with Gasteiger partial charge in [-0.05, 0) is 19.1 Å². The molecular weight excluding hydrogens is 294 g/mol. The maximum atomic E-state index is 12.1. The van der Waals surface area contributed by atoms with Gasteiger partial charge in [-0.2, -0.15) is 0 Å². The Bertz CT molecular complexity index is 663. The highest BCUT2D eigenvalue weighted by molar-refractivity contribution is 7.89. The largest absolute Gasteiger partial charge is 0.365 e. The third kappa shape index (κ3) is 3.78. The first-order chi connectivity index (χ1) is 9.51. The predicted octanol–water partition coefficient (Wildman–Crippen LogP) is 2.01. The lowest BCUT2D eigenvalue weighted by Crippen LogP contribution is -2.26. The van der Waals surface area contributed by atoms with Crippen LogP contribution in [0.15, 0.2) is 34.5 Å². The number of sulfonamides is 1. The highest BCUT2D eigenvalue weighted by Crippen LogP contribution is 2.15. The molecule has 2 N–H and O–H groups in total. The summed E-state index contributed by atoms with van der Waals surface area (Å²) >= 11 is 1.51. The summed E-state index contributed by atoms with van der Waals surface area (Å²) in [5.74, 6) is 0. The van der Waals surface area contributed by atoms with E-state index < -0.39 is 10.0 Å². The van der Waals surface area contributed by atoms with E-state index in [-0.39, 0.29) is 4.90 Å². The molecule has 1 heterocycles. The Kier molecular flexibility index (Phi) is 4.74. The average molecular weight is 311 g/mol. The smallest absolute Gasteiger partial charge is 0.240 e. The highest BCUT2D eigenvalue weighted by Gasteiger charge is 2.13. The minimum Gasteiger partial charge on any atom is -0.365 e. The van der Waals surface area contributed by atoms with Gasteiger partial charge in [0.2, 0.25) is 10.0 Å². The third-order valence-electron chi connectivity index (χ3n) is 2.77. The van der Waals surface area contributed by atoms with Crippen molar-refractivity contribution >= 4 is 26.5 Å². The number of thiazole rings is 1. The normalized spacial score (nSPS) is 11.5. The number of benzene rings is 1. The molecule has 0 saturated heterocycles. The van der Waals surface area contributed by atoms with E-state index in [2.05, 4.69) is 15.0 Å². The number of anilines is 1. The number of aromatic nitrogens is 1. The molecule has 0 radical (unpaired) electrons. The lowest BCUT2D eigenvalue weighted by atomic mass is 10.2. The van der Waals surface area contributed by atoms with E-state index in [1.165, 1.54) is 11.3 Å². The molecule has 2 rings (SSSR count). The number of rotatable bonds is 6. The van der Waals surface area contributed by atoms with Crippen molar-refractivity contribution in [3.05, 3.63) is 40.9 Å². The Morgan fingerprint density at radius 2 is 1.95 bits per heavy atom. The fourth-order valence-corrected chi connectivity index (χ4v) is 3.39. The SMILES string of the molecule is CNc1nc(CCNS(=O)(=O)c2ccc(C)cc2)cs1. The molecule has 0 atom stereocenters. The van der Waals surface area contributed by atoms with Gasteiger partial charge < -0.3 is 5.32 Å². The fourth-order valence-electron chi connectivity index (χ4n) is 1.65. The first-order valence-electron chi connectivity index (χ1n) is 6.20. The van der Waals surface area contributed by atoms with Gasteiger partial charge in [0.05, 0.1) is 10.6 Å². The van der Waals surface area contributed by atoms with Crippen molar-refractivity contribution in [1.82, 2.24) is 9.71 Å². The molecule has 0 saturated carbocycles.